The Labute approximate surface area is 156 Å². The highest BCUT2D eigenvalue weighted by molar-refractivity contribution is 6.30. The number of nitrogens with one attached hydrogen (secondary N) is 1. The lowest BCUT2D eigenvalue weighted by atomic mass is 10.0. The predicted octanol–water partition coefficient (Wildman–Crippen LogP) is 3.67. The van der Waals surface area contributed by atoms with Gasteiger partial charge >= 0.3 is 0 Å². The number of likely N-dealkylation sites (N-methyl/N-ethyl adjacent to an activating group) is 1. The minimum absolute atomic E-state index is 0.203. The van der Waals surface area contributed by atoms with Crippen molar-refractivity contribution in [2.24, 2.45) is 0 Å². The molecule has 132 valence electrons. The van der Waals surface area contributed by atoms with Gasteiger partial charge in [-0.05, 0) is 42.9 Å². The van der Waals surface area contributed by atoms with Crippen LogP contribution in [-0.4, -0.2) is 35.2 Å². The van der Waals surface area contributed by atoms with Gasteiger partial charge in [0, 0.05) is 47.7 Å². The van der Waals surface area contributed by atoms with Crippen LogP contribution in [0.4, 0.5) is 11.4 Å². The lowest BCUT2D eigenvalue weighted by Crippen LogP contribution is -2.26. The molecular formula is C20H19ClN4O. The molecule has 0 aliphatic carbocycles. The number of aromatic nitrogens is 2. The number of H-pyrrole nitrogens is 1. The molecule has 1 aliphatic heterocycles. The second-order valence-electron chi connectivity index (χ2n) is 6.52. The first kappa shape index (κ1) is 16.8. The summed E-state index contributed by atoms with van der Waals surface area (Å²) in [6.45, 7) is 2.70. The summed E-state index contributed by atoms with van der Waals surface area (Å²) in [6, 6.07) is 17.5. The zero-order valence-electron chi connectivity index (χ0n) is 14.4. The van der Waals surface area contributed by atoms with Crippen molar-refractivity contribution < 1.29 is 0 Å². The van der Waals surface area contributed by atoms with E-state index in [2.05, 4.69) is 51.3 Å². The maximum absolute atomic E-state index is 11.3. The Kier molecular flexibility index (Phi) is 4.49. The summed E-state index contributed by atoms with van der Waals surface area (Å²) in [4.78, 5) is 15.9. The van der Waals surface area contributed by atoms with Gasteiger partial charge in [0.1, 0.15) is 0 Å². The second kappa shape index (κ2) is 6.94. The number of nitrogens with zero attached hydrogens (tertiary/aromatic N) is 3. The van der Waals surface area contributed by atoms with Crippen molar-refractivity contribution in [3.05, 3.63) is 75.5 Å². The minimum Gasteiger partial charge on any atom is -0.340 e. The summed E-state index contributed by atoms with van der Waals surface area (Å²) >= 11 is 6.22. The molecule has 1 aliphatic rings. The van der Waals surface area contributed by atoms with Crippen molar-refractivity contribution in [1.29, 1.82) is 0 Å². The van der Waals surface area contributed by atoms with Crippen molar-refractivity contribution in [3.8, 4) is 11.3 Å². The van der Waals surface area contributed by atoms with E-state index >= 15 is 0 Å². The van der Waals surface area contributed by atoms with E-state index in [0.29, 0.717) is 0 Å². The Morgan fingerprint density at radius 2 is 1.96 bits per heavy atom. The summed E-state index contributed by atoms with van der Waals surface area (Å²) in [5.41, 5.74) is 4.97. The highest BCUT2D eigenvalue weighted by Gasteiger charge is 2.20. The van der Waals surface area contributed by atoms with E-state index in [9.17, 15) is 4.79 Å². The monoisotopic (exact) mass is 366 g/mol. The molecule has 2 aromatic carbocycles. The first-order chi connectivity index (χ1) is 12.6. The molecule has 0 fully saturated rings. The van der Waals surface area contributed by atoms with Crippen molar-refractivity contribution in [2.75, 3.05) is 25.0 Å². The summed E-state index contributed by atoms with van der Waals surface area (Å²) in [7, 11) is 2.13. The van der Waals surface area contributed by atoms with Crippen LogP contribution in [-0.2, 0) is 6.54 Å². The first-order valence-electron chi connectivity index (χ1n) is 8.51. The maximum atomic E-state index is 11.3. The molecule has 0 radical (unpaired) electrons. The molecule has 0 spiro atoms. The SMILES string of the molecule is CN1CCN(c2cccc(Cl)c2)c2cc(-c3ccc(=O)[nH]n3)ccc2C1. The van der Waals surface area contributed by atoms with Crippen molar-refractivity contribution in [3.63, 3.8) is 0 Å². The number of halogens is 1. The Morgan fingerprint density at radius 3 is 2.73 bits per heavy atom. The third-order valence-corrected chi connectivity index (χ3v) is 4.85. The van der Waals surface area contributed by atoms with E-state index in [0.717, 1.165) is 47.3 Å². The van der Waals surface area contributed by atoms with E-state index in [-0.39, 0.29) is 5.56 Å². The number of benzene rings is 2. The summed E-state index contributed by atoms with van der Waals surface area (Å²) in [5.74, 6) is 0. The average Bonchev–Trinajstić information content (AvgIpc) is 2.80. The number of aromatic amines is 1. The van der Waals surface area contributed by atoms with Gasteiger partial charge in [-0.3, -0.25) is 4.79 Å². The number of hydrogen-bond acceptors (Lipinski definition) is 4. The molecule has 4 rings (SSSR count). The van der Waals surface area contributed by atoms with Crippen molar-refractivity contribution in [2.45, 2.75) is 6.54 Å². The molecule has 0 unspecified atom stereocenters. The Balaban J connectivity index is 1.83. The lowest BCUT2D eigenvalue weighted by molar-refractivity contribution is 0.343. The van der Waals surface area contributed by atoms with Crippen LogP contribution in [0.15, 0.2) is 59.4 Å². The minimum atomic E-state index is -0.203. The van der Waals surface area contributed by atoms with E-state index in [1.807, 2.05) is 18.2 Å². The normalized spacial score (nSPS) is 14.8. The van der Waals surface area contributed by atoms with Crippen molar-refractivity contribution >= 4 is 23.0 Å². The molecule has 0 saturated carbocycles. The topological polar surface area (TPSA) is 52.2 Å². The molecule has 5 nitrogen and oxygen atoms in total. The van der Waals surface area contributed by atoms with Crippen LogP contribution in [0.5, 0.6) is 0 Å². The molecule has 2 heterocycles. The van der Waals surface area contributed by atoms with Gasteiger partial charge in [-0.1, -0.05) is 29.8 Å². The number of hydrogen-bond donors (Lipinski definition) is 1. The Bertz CT molecular complexity index is 981. The van der Waals surface area contributed by atoms with Gasteiger partial charge in [0.2, 0.25) is 0 Å². The molecule has 1 N–H and O–H groups in total. The van der Waals surface area contributed by atoms with Crippen molar-refractivity contribution in [1.82, 2.24) is 15.1 Å². The van der Waals surface area contributed by atoms with Gasteiger partial charge in [-0.25, -0.2) is 5.10 Å². The summed E-state index contributed by atoms with van der Waals surface area (Å²) < 4.78 is 0. The molecule has 0 atom stereocenters. The summed E-state index contributed by atoms with van der Waals surface area (Å²) in [5, 5.41) is 7.39. The van der Waals surface area contributed by atoms with E-state index in [1.54, 1.807) is 6.07 Å². The summed E-state index contributed by atoms with van der Waals surface area (Å²) in [6.07, 6.45) is 0. The van der Waals surface area contributed by atoms with Crippen LogP contribution in [0.25, 0.3) is 11.3 Å². The van der Waals surface area contributed by atoms with E-state index < -0.39 is 0 Å². The molecule has 26 heavy (non-hydrogen) atoms. The maximum Gasteiger partial charge on any atom is 0.264 e. The number of rotatable bonds is 2. The van der Waals surface area contributed by atoms with Gasteiger partial charge in [0.15, 0.2) is 0 Å². The predicted molar refractivity (Wildman–Crippen MR) is 105 cm³/mol. The standard InChI is InChI=1S/C20H19ClN4O/c1-24-9-10-25(17-4-2-3-16(21)12-17)19-11-14(5-6-15(19)13-24)18-7-8-20(26)23-22-18/h2-8,11-12H,9-10,13H2,1H3,(H,23,26). The molecular weight excluding hydrogens is 348 g/mol. The molecule has 0 bridgehead atoms. The van der Waals surface area contributed by atoms with Crippen LogP contribution in [0.1, 0.15) is 5.56 Å². The molecule has 3 aromatic rings. The van der Waals surface area contributed by atoms with Crippen LogP contribution in [0.3, 0.4) is 0 Å². The van der Waals surface area contributed by atoms with Gasteiger partial charge in [-0.15, -0.1) is 0 Å². The molecule has 0 amide bonds. The average molecular weight is 367 g/mol. The highest BCUT2D eigenvalue weighted by Crippen LogP contribution is 2.35. The van der Waals surface area contributed by atoms with E-state index in [1.165, 1.54) is 11.6 Å². The largest absolute Gasteiger partial charge is 0.340 e. The van der Waals surface area contributed by atoms with Gasteiger partial charge < -0.3 is 9.80 Å². The smallest absolute Gasteiger partial charge is 0.264 e. The zero-order chi connectivity index (χ0) is 18.1. The molecule has 6 heteroatoms. The first-order valence-corrected chi connectivity index (χ1v) is 8.89. The molecule has 0 saturated heterocycles. The highest BCUT2D eigenvalue weighted by atomic mass is 35.5. The third kappa shape index (κ3) is 3.36. The van der Waals surface area contributed by atoms with Crippen LogP contribution < -0.4 is 10.5 Å². The van der Waals surface area contributed by atoms with Crippen LogP contribution >= 0.6 is 11.6 Å². The fourth-order valence-electron chi connectivity index (χ4n) is 3.29. The third-order valence-electron chi connectivity index (χ3n) is 4.62. The quantitative estimate of drug-likeness (QED) is 0.751. The fraction of sp³-hybridized carbons (Fsp3) is 0.200. The van der Waals surface area contributed by atoms with Gasteiger partial charge in [-0.2, -0.15) is 5.10 Å². The van der Waals surface area contributed by atoms with E-state index in [4.69, 9.17) is 11.6 Å². The molecule has 1 aromatic heterocycles. The Hall–Kier alpha value is -2.63. The lowest BCUT2D eigenvalue weighted by Gasteiger charge is -2.25. The number of fused-ring (bicyclic) bond motifs is 1. The van der Waals surface area contributed by atoms with Crippen LogP contribution in [0.2, 0.25) is 5.02 Å². The van der Waals surface area contributed by atoms with Gasteiger partial charge in [0.25, 0.3) is 5.56 Å². The van der Waals surface area contributed by atoms with Gasteiger partial charge in [0.05, 0.1) is 5.69 Å². The second-order valence-corrected chi connectivity index (χ2v) is 6.96. The zero-order valence-corrected chi connectivity index (χ0v) is 15.2. The Morgan fingerprint density at radius 1 is 1.08 bits per heavy atom. The van der Waals surface area contributed by atoms with Crippen LogP contribution in [0, 0.1) is 0 Å². The fourth-order valence-corrected chi connectivity index (χ4v) is 3.47. The number of anilines is 2.